The minimum absolute atomic E-state index is 0.280. The number of hydrogen-bond donors (Lipinski definition) is 1. The maximum absolute atomic E-state index is 5.01. The van der Waals surface area contributed by atoms with E-state index in [1.54, 1.807) is 0 Å². The molecule has 1 aromatic rings. The van der Waals surface area contributed by atoms with Crippen LogP contribution < -0.4 is 5.32 Å². The van der Waals surface area contributed by atoms with Crippen molar-refractivity contribution in [2.75, 3.05) is 0 Å². The van der Waals surface area contributed by atoms with Crippen molar-refractivity contribution in [1.29, 1.82) is 0 Å². The third-order valence-electron chi connectivity index (χ3n) is 5.00. The fourth-order valence-electron chi connectivity index (χ4n) is 3.26. The quantitative estimate of drug-likeness (QED) is 0.816. The Morgan fingerprint density at radius 2 is 2.16 bits per heavy atom. The summed E-state index contributed by atoms with van der Waals surface area (Å²) in [5.41, 5.74) is 1.65. The molecular formula is C16H24N2S. The first kappa shape index (κ1) is 13.2. The van der Waals surface area contributed by atoms with Gasteiger partial charge in [0.25, 0.3) is 0 Å². The standard InChI is InChI=1S/C16H24N2S/c1-10-9-11(2)16(3,4)14-13(10)18-15(19-14)12-7-5-6-8-17-12/h6,8,10-12,17H,5,7,9H2,1-4H3. The van der Waals surface area contributed by atoms with Gasteiger partial charge in [-0.2, -0.15) is 0 Å². The average molecular weight is 276 g/mol. The van der Waals surface area contributed by atoms with Crippen LogP contribution in [0.5, 0.6) is 0 Å². The molecule has 1 aliphatic carbocycles. The fourth-order valence-corrected chi connectivity index (χ4v) is 4.76. The number of fused-ring (bicyclic) bond motifs is 1. The van der Waals surface area contributed by atoms with Crippen LogP contribution in [0.15, 0.2) is 12.3 Å². The highest BCUT2D eigenvalue weighted by molar-refractivity contribution is 7.12. The van der Waals surface area contributed by atoms with Crippen molar-refractivity contribution in [3.8, 4) is 0 Å². The molecule has 2 aliphatic rings. The summed E-state index contributed by atoms with van der Waals surface area (Å²) in [5, 5.41) is 4.76. The number of nitrogens with one attached hydrogen (secondary N) is 1. The van der Waals surface area contributed by atoms with Gasteiger partial charge in [0.2, 0.25) is 0 Å². The van der Waals surface area contributed by atoms with Crippen molar-refractivity contribution in [1.82, 2.24) is 10.3 Å². The summed E-state index contributed by atoms with van der Waals surface area (Å²) in [6.45, 7) is 9.50. The van der Waals surface area contributed by atoms with Gasteiger partial charge in [0.15, 0.2) is 0 Å². The Bertz CT molecular complexity index is 501. The molecule has 104 valence electrons. The van der Waals surface area contributed by atoms with Crippen LogP contribution in [0.2, 0.25) is 0 Å². The van der Waals surface area contributed by atoms with Gasteiger partial charge in [0.05, 0.1) is 11.7 Å². The smallest absolute Gasteiger partial charge is 0.115 e. The molecule has 19 heavy (non-hydrogen) atoms. The van der Waals surface area contributed by atoms with Crippen LogP contribution in [0.3, 0.4) is 0 Å². The molecule has 0 amide bonds. The molecule has 0 spiro atoms. The van der Waals surface area contributed by atoms with Crippen molar-refractivity contribution in [2.45, 2.75) is 64.3 Å². The second-order valence-electron chi connectivity index (χ2n) is 6.72. The Labute approximate surface area is 120 Å². The van der Waals surface area contributed by atoms with Crippen LogP contribution in [-0.2, 0) is 5.41 Å². The molecular weight excluding hydrogens is 252 g/mol. The lowest BCUT2D eigenvalue weighted by Crippen LogP contribution is -2.32. The summed E-state index contributed by atoms with van der Waals surface area (Å²) in [6.07, 6.45) is 7.90. The predicted molar refractivity (Wildman–Crippen MR) is 81.6 cm³/mol. The van der Waals surface area contributed by atoms with Crippen molar-refractivity contribution >= 4 is 11.3 Å². The van der Waals surface area contributed by atoms with Crippen LogP contribution in [-0.4, -0.2) is 4.98 Å². The van der Waals surface area contributed by atoms with Gasteiger partial charge in [-0.15, -0.1) is 11.3 Å². The third-order valence-corrected chi connectivity index (χ3v) is 6.52. The molecule has 3 unspecified atom stereocenters. The van der Waals surface area contributed by atoms with Crippen LogP contribution in [0, 0.1) is 5.92 Å². The van der Waals surface area contributed by atoms with E-state index in [1.807, 2.05) is 11.3 Å². The third kappa shape index (κ3) is 2.12. The molecule has 0 bridgehead atoms. The number of thiazole rings is 1. The summed E-state index contributed by atoms with van der Waals surface area (Å²) < 4.78 is 0. The van der Waals surface area contributed by atoms with Crippen LogP contribution in [0.1, 0.15) is 74.5 Å². The minimum atomic E-state index is 0.280. The molecule has 2 nitrogen and oxygen atoms in total. The molecule has 0 saturated heterocycles. The maximum atomic E-state index is 5.01. The molecule has 1 aliphatic heterocycles. The SMILES string of the molecule is CC1CC(C)C(C)(C)c2sc(C3CCC=CN3)nc21. The molecule has 3 atom stereocenters. The minimum Gasteiger partial charge on any atom is -0.382 e. The van der Waals surface area contributed by atoms with E-state index in [1.165, 1.54) is 28.4 Å². The van der Waals surface area contributed by atoms with E-state index >= 15 is 0 Å². The van der Waals surface area contributed by atoms with E-state index in [-0.39, 0.29) is 5.41 Å². The summed E-state index contributed by atoms with van der Waals surface area (Å²) >= 11 is 1.95. The second-order valence-corrected chi connectivity index (χ2v) is 7.76. The maximum Gasteiger partial charge on any atom is 0.115 e. The molecule has 1 N–H and O–H groups in total. The zero-order valence-corrected chi connectivity index (χ0v) is 13.2. The second kappa shape index (κ2) is 4.62. The van der Waals surface area contributed by atoms with Gasteiger partial charge < -0.3 is 5.32 Å². The molecule has 0 aromatic carbocycles. The first-order valence-corrected chi connectivity index (χ1v) is 8.24. The van der Waals surface area contributed by atoms with E-state index in [0.29, 0.717) is 12.0 Å². The number of allylic oxidation sites excluding steroid dienone is 1. The van der Waals surface area contributed by atoms with E-state index in [2.05, 4.69) is 45.3 Å². The number of hydrogen-bond acceptors (Lipinski definition) is 3. The average Bonchev–Trinajstić information content (AvgIpc) is 2.84. The highest BCUT2D eigenvalue weighted by atomic mass is 32.1. The highest BCUT2D eigenvalue weighted by Gasteiger charge is 2.40. The zero-order valence-electron chi connectivity index (χ0n) is 12.4. The molecule has 3 rings (SSSR count). The van der Waals surface area contributed by atoms with E-state index in [4.69, 9.17) is 4.98 Å². The van der Waals surface area contributed by atoms with Gasteiger partial charge in [-0.3, -0.25) is 0 Å². The lowest BCUT2D eigenvalue weighted by molar-refractivity contribution is 0.284. The summed E-state index contributed by atoms with van der Waals surface area (Å²) in [7, 11) is 0. The Balaban J connectivity index is 1.99. The first-order valence-electron chi connectivity index (χ1n) is 7.42. The van der Waals surface area contributed by atoms with Crippen molar-refractivity contribution in [2.24, 2.45) is 5.92 Å². The van der Waals surface area contributed by atoms with Crippen molar-refractivity contribution in [3.63, 3.8) is 0 Å². The number of nitrogens with zero attached hydrogens (tertiary/aromatic N) is 1. The van der Waals surface area contributed by atoms with E-state index in [9.17, 15) is 0 Å². The van der Waals surface area contributed by atoms with Gasteiger partial charge in [0.1, 0.15) is 5.01 Å². The molecule has 0 fully saturated rings. The Morgan fingerprint density at radius 1 is 1.37 bits per heavy atom. The van der Waals surface area contributed by atoms with E-state index in [0.717, 1.165) is 12.3 Å². The van der Waals surface area contributed by atoms with Gasteiger partial charge in [-0.05, 0) is 37.3 Å². The van der Waals surface area contributed by atoms with Crippen LogP contribution in [0.4, 0.5) is 0 Å². The molecule has 0 saturated carbocycles. The van der Waals surface area contributed by atoms with Crippen molar-refractivity contribution in [3.05, 3.63) is 27.9 Å². The largest absolute Gasteiger partial charge is 0.382 e. The fraction of sp³-hybridized carbons (Fsp3) is 0.688. The monoisotopic (exact) mass is 276 g/mol. The first-order chi connectivity index (χ1) is 9.00. The Morgan fingerprint density at radius 3 is 2.84 bits per heavy atom. The summed E-state index contributed by atoms with van der Waals surface area (Å²) in [4.78, 5) is 6.54. The van der Waals surface area contributed by atoms with Gasteiger partial charge >= 0.3 is 0 Å². The van der Waals surface area contributed by atoms with Gasteiger partial charge in [-0.25, -0.2) is 4.98 Å². The Hall–Kier alpha value is -0.830. The van der Waals surface area contributed by atoms with Gasteiger partial charge in [0, 0.05) is 10.3 Å². The topological polar surface area (TPSA) is 24.9 Å². The molecule has 2 heterocycles. The molecule has 3 heteroatoms. The lowest BCUT2D eigenvalue weighted by atomic mass is 9.68. The van der Waals surface area contributed by atoms with E-state index < -0.39 is 0 Å². The summed E-state index contributed by atoms with van der Waals surface area (Å²) in [5.74, 6) is 1.35. The predicted octanol–water partition coefficient (Wildman–Crippen LogP) is 4.50. The van der Waals surface area contributed by atoms with Crippen LogP contribution >= 0.6 is 11.3 Å². The zero-order chi connectivity index (χ0) is 13.6. The number of rotatable bonds is 1. The number of aromatic nitrogens is 1. The Kier molecular flexibility index (Phi) is 3.20. The van der Waals surface area contributed by atoms with Crippen molar-refractivity contribution < 1.29 is 0 Å². The summed E-state index contributed by atoms with van der Waals surface area (Å²) in [6, 6.07) is 0.430. The molecule has 0 radical (unpaired) electrons. The van der Waals surface area contributed by atoms with Crippen LogP contribution in [0.25, 0.3) is 0 Å². The lowest BCUT2D eigenvalue weighted by Gasteiger charge is -2.38. The van der Waals surface area contributed by atoms with Gasteiger partial charge in [-0.1, -0.05) is 33.8 Å². The highest BCUT2D eigenvalue weighted by Crippen LogP contribution is 2.49. The molecule has 1 aromatic heterocycles. The normalized spacial score (nSPS) is 32.7.